The molecule has 0 amide bonds. The second-order valence-electron chi connectivity index (χ2n) is 7.69. The molecule has 0 aliphatic rings. The summed E-state index contributed by atoms with van der Waals surface area (Å²) in [4.78, 5) is 30.8. The van der Waals surface area contributed by atoms with Crippen LogP contribution in [0.3, 0.4) is 0 Å². The van der Waals surface area contributed by atoms with Crippen molar-refractivity contribution in [3.05, 3.63) is 131 Å². The van der Waals surface area contributed by atoms with Crippen molar-refractivity contribution in [3.63, 3.8) is 0 Å². The lowest BCUT2D eigenvalue weighted by molar-refractivity contribution is 0.0989. The van der Waals surface area contributed by atoms with Gasteiger partial charge in [0, 0.05) is 34.9 Å². The number of nitrogens with zero attached hydrogens (tertiary/aromatic N) is 2. The summed E-state index contributed by atoms with van der Waals surface area (Å²) in [6, 6.07) is 26.7. The normalized spacial score (nSPS) is 8.29. The van der Waals surface area contributed by atoms with E-state index in [1.54, 1.807) is 19.3 Å². The number of pyridine rings is 2. The maximum Gasteiger partial charge on any atom is 0.168 e. The Hall–Kier alpha value is -3.92. The molecule has 2 heterocycles. The minimum Gasteiger partial charge on any atom is -0.295 e. The molecular weight excluding hydrogens is 504 g/mol. The Morgan fingerprint density at radius 3 is 1.37 bits per heavy atom. The second kappa shape index (κ2) is 29.1. The zero-order valence-corrected chi connectivity index (χ0v) is 27.7. The highest BCUT2D eigenvalue weighted by atomic mass is 16.1. The van der Waals surface area contributed by atoms with E-state index < -0.39 is 0 Å². The maximum atomic E-state index is 11.9. The predicted molar refractivity (Wildman–Crippen MR) is 179 cm³/mol. The van der Waals surface area contributed by atoms with Crippen LogP contribution < -0.4 is 0 Å². The fraction of sp³-hybridized carbons (Fsp3) is 0.351. The molecule has 0 unspecified atom stereocenters. The first-order chi connectivity index (χ1) is 19.8. The zero-order chi connectivity index (χ0) is 32.1. The third kappa shape index (κ3) is 21.6. The Morgan fingerprint density at radius 1 is 0.561 bits per heavy atom. The number of benzene rings is 2. The largest absolute Gasteiger partial charge is 0.295 e. The van der Waals surface area contributed by atoms with Gasteiger partial charge in [0.1, 0.15) is 0 Å². The van der Waals surface area contributed by atoms with Gasteiger partial charge >= 0.3 is 0 Å². The third-order valence-electron chi connectivity index (χ3n) is 4.65. The number of aryl methyl sites for hydroxylation is 3. The molecule has 0 fully saturated rings. The Kier molecular flexibility index (Phi) is 29.5. The molecule has 0 aliphatic carbocycles. The van der Waals surface area contributed by atoms with Crippen LogP contribution in [0.4, 0.5) is 0 Å². The highest BCUT2D eigenvalue weighted by Gasteiger charge is 2.07. The van der Waals surface area contributed by atoms with Gasteiger partial charge in [0.25, 0.3) is 0 Å². The molecule has 224 valence electrons. The van der Waals surface area contributed by atoms with Gasteiger partial charge in [-0.05, 0) is 64.1 Å². The zero-order valence-electron chi connectivity index (χ0n) is 27.7. The van der Waals surface area contributed by atoms with Crippen molar-refractivity contribution in [1.82, 2.24) is 9.97 Å². The van der Waals surface area contributed by atoms with Crippen molar-refractivity contribution in [2.75, 3.05) is 0 Å². The van der Waals surface area contributed by atoms with Crippen molar-refractivity contribution in [2.45, 2.75) is 89.5 Å². The van der Waals surface area contributed by atoms with Crippen LogP contribution in [0.2, 0.25) is 0 Å². The lowest BCUT2D eigenvalue weighted by Gasteiger charge is -2.01. The Balaban J connectivity index is -0.000000498. The first-order valence-electron chi connectivity index (χ1n) is 14.8. The molecule has 0 N–H and O–H groups in total. The number of hydrogen-bond acceptors (Lipinski definition) is 4. The van der Waals surface area contributed by atoms with Crippen LogP contribution in [0.15, 0.2) is 97.3 Å². The van der Waals surface area contributed by atoms with Crippen molar-refractivity contribution < 1.29 is 9.59 Å². The van der Waals surface area contributed by atoms with Crippen LogP contribution in [-0.4, -0.2) is 21.5 Å². The highest BCUT2D eigenvalue weighted by Crippen LogP contribution is 2.08. The van der Waals surface area contributed by atoms with E-state index in [1.807, 2.05) is 161 Å². The number of ketones is 2. The van der Waals surface area contributed by atoms with Crippen molar-refractivity contribution >= 4 is 11.6 Å². The third-order valence-corrected chi connectivity index (χ3v) is 4.65. The summed E-state index contributed by atoms with van der Waals surface area (Å²) in [5.74, 6) is 0.242. The Bertz CT molecular complexity index is 1160. The van der Waals surface area contributed by atoms with Crippen LogP contribution in [0.1, 0.15) is 106 Å². The second-order valence-corrected chi connectivity index (χ2v) is 7.69. The average molecular weight is 559 g/mol. The van der Waals surface area contributed by atoms with Crippen molar-refractivity contribution in [1.29, 1.82) is 0 Å². The van der Waals surface area contributed by atoms with Crippen LogP contribution in [-0.2, 0) is 6.42 Å². The molecule has 0 saturated heterocycles. The first kappa shape index (κ1) is 41.6. The van der Waals surface area contributed by atoms with E-state index in [1.165, 1.54) is 0 Å². The molecule has 0 aliphatic heterocycles. The van der Waals surface area contributed by atoms with Crippen LogP contribution >= 0.6 is 0 Å². The SMILES string of the molecule is CC.CC.CC.CC.CC(=O)c1cccc(C)c1.Cc1cccc(C(=O)Cc2ccccn2)c1.Cc1ccccn1. The maximum absolute atomic E-state index is 11.9. The van der Waals surface area contributed by atoms with Gasteiger partial charge in [0.15, 0.2) is 11.6 Å². The number of rotatable bonds is 4. The summed E-state index contributed by atoms with van der Waals surface area (Å²) >= 11 is 0. The van der Waals surface area contributed by atoms with E-state index >= 15 is 0 Å². The molecule has 0 atom stereocenters. The molecule has 0 saturated carbocycles. The van der Waals surface area contributed by atoms with E-state index in [-0.39, 0.29) is 11.6 Å². The molecule has 0 bridgehead atoms. The van der Waals surface area contributed by atoms with Gasteiger partial charge in [-0.1, -0.05) is 115 Å². The lowest BCUT2D eigenvalue weighted by Crippen LogP contribution is -2.04. The van der Waals surface area contributed by atoms with Crippen LogP contribution in [0, 0.1) is 20.8 Å². The van der Waals surface area contributed by atoms with Gasteiger partial charge in [-0.3, -0.25) is 19.6 Å². The topological polar surface area (TPSA) is 59.9 Å². The fourth-order valence-corrected chi connectivity index (χ4v) is 2.90. The van der Waals surface area contributed by atoms with Gasteiger partial charge in [0.2, 0.25) is 0 Å². The number of hydrogen-bond donors (Lipinski definition) is 0. The Labute approximate surface area is 251 Å². The van der Waals surface area contributed by atoms with Crippen molar-refractivity contribution in [2.24, 2.45) is 0 Å². The van der Waals surface area contributed by atoms with Crippen LogP contribution in [0.5, 0.6) is 0 Å². The summed E-state index contributed by atoms with van der Waals surface area (Å²) in [7, 11) is 0. The summed E-state index contributed by atoms with van der Waals surface area (Å²) in [5, 5.41) is 0. The standard InChI is InChI=1S/C14H13NO.C9H10O.C6H7N.4C2H6/c1-11-5-4-6-12(9-11)14(16)10-13-7-2-3-8-15-13;1-7-4-3-5-9(6-7)8(2)10;1-6-4-2-3-5-7-6;4*1-2/h2-9H,10H2,1H3;3-6H,1-2H3;2-5H,1H3;4*1-2H3. The van der Waals surface area contributed by atoms with Crippen molar-refractivity contribution in [3.8, 4) is 0 Å². The number of aromatic nitrogens is 2. The number of carbonyl (C=O) groups is 2. The molecular formula is C37H54N2O2. The number of carbonyl (C=O) groups excluding carboxylic acids is 2. The first-order valence-corrected chi connectivity index (χ1v) is 14.8. The fourth-order valence-electron chi connectivity index (χ4n) is 2.90. The molecule has 4 nitrogen and oxygen atoms in total. The van der Waals surface area contributed by atoms with Gasteiger partial charge in [0.05, 0.1) is 6.42 Å². The minimum absolute atomic E-state index is 0.113. The molecule has 4 aromatic rings. The van der Waals surface area contributed by atoms with E-state index in [4.69, 9.17) is 0 Å². The van der Waals surface area contributed by atoms with Crippen LogP contribution in [0.25, 0.3) is 0 Å². The summed E-state index contributed by atoms with van der Waals surface area (Å²) in [5.41, 5.74) is 5.67. The smallest absolute Gasteiger partial charge is 0.168 e. The molecule has 41 heavy (non-hydrogen) atoms. The number of Topliss-reactive ketones (excluding diaryl/α,β-unsaturated/α-hetero) is 2. The molecule has 4 heteroatoms. The van der Waals surface area contributed by atoms with E-state index in [0.717, 1.165) is 33.6 Å². The van der Waals surface area contributed by atoms with E-state index in [9.17, 15) is 9.59 Å². The van der Waals surface area contributed by atoms with Gasteiger partial charge < -0.3 is 0 Å². The molecule has 2 aromatic heterocycles. The van der Waals surface area contributed by atoms with E-state index in [0.29, 0.717) is 6.42 Å². The van der Waals surface area contributed by atoms with E-state index in [2.05, 4.69) is 9.97 Å². The summed E-state index contributed by atoms with van der Waals surface area (Å²) < 4.78 is 0. The molecule has 0 radical (unpaired) electrons. The molecule has 2 aromatic carbocycles. The predicted octanol–water partition coefficient (Wildman–Crippen LogP) is 10.5. The Morgan fingerprint density at radius 2 is 1.02 bits per heavy atom. The van der Waals surface area contributed by atoms with Gasteiger partial charge in [-0.25, -0.2) is 0 Å². The van der Waals surface area contributed by atoms with Gasteiger partial charge in [-0.15, -0.1) is 0 Å². The quantitative estimate of drug-likeness (QED) is 0.234. The minimum atomic E-state index is 0.113. The average Bonchev–Trinajstić information content (AvgIpc) is 3.03. The highest BCUT2D eigenvalue weighted by molar-refractivity contribution is 5.97. The summed E-state index contributed by atoms with van der Waals surface area (Å²) in [6.07, 6.45) is 3.86. The summed E-state index contributed by atoms with van der Waals surface area (Å²) in [6.45, 7) is 23.5. The molecule has 0 spiro atoms. The van der Waals surface area contributed by atoms with Gasteiger partial charge in [-0.2, -0.15) is 0 Å². The molecule has 4 rings (SSSR count). The lowest BCUT2D eigenvalue weighted by atomic mass is 10.0. The monoisotopic (exact) mass is 558 g/mol.